The number of carbonyl (C=O) groups is 10. The van der Waals surface area contributed by atoms with E-state index in [0.29, 0.717) is 25.7 Å². The highest BCUT2D eigenvalue weighted by Crippen LogP contribution is 2.30. The molecule has 0 bridgehead atoms. The molecule has 1 aromatic carbocycles. The Hall–Kier alpha value is -9.26. The fourth-order valence-electron chi connectivity index (χ4n) is 8.21. The van der Waals surface area contributed by atoms with Gasteiger partial charge in [-0.05, 0) is 56.0 Å². The lowest BCUT2D eigenvalue weighted by Gasteiger charge is -2.41. The zero-order valence-electron chi connectivity index (χ0n) is 42.6. The van der Waals surface area contributed by atoms with Gasteiger partial charge < -0.3 is 101 Å². The number of carbonyl (C=O) groups excluding carboxylic acids is 10. The first-order chi connectivity index (χ1) is 37.2. The number of benzene rings is 1. The lowest BCUT2D eigenvalue weighted by Crippen LogP contribution is -2.64. The highest BCUT2D eigenvalue weighted by molar-refractivity contribution is 5.99. The van der Waals surface area contributed by atoms with Gasteiger partial charge in [0.25, 0.3) is 11.8 Å². The molecule has 14 N–H and O–H groups in total. The molecule has 426 valence electrons. The van der Waals surface area contributed by atoms with Crippen LogP contribution in [-0.4, -0.2) is 186 Å². The average molecular weight is 1100 g/mol. The van der Waals surface area contributed by atoms with E-state index in [9.17, 15) is 47.9 Å². The van der Waals surface area contributed by atoms with Crippen molar-refractivity contribution in [2.75, 3.05) is 53.6 Å². The zero-order chi connectivity index (χ0) is 57.1. The van der Waals surface area contributed by atoms with Crippen LogP contribution >= 0.6 is 0 Å². The fourth-order valence-corrected chi connectivity index (χ4v) is 8.21. The van der Waals surface area contributed by atoms with Crippen LogP contribution in [0.2, 0.25) is 0 Å². The van der Waals surface area contributed by atoms with E-state index in [-0.39, 0.29) is 62.0 Å². The predicted octanol–water partition coefficient (Wildman–Crippen LogP) is -2.41. The molecule has 0 aromatic heterocycles. The quantitative estimate of drug-likeness (QED) is 0.0169. The third kappa shape index (κ3) is 17.4. The van der Waals surface area contributed by atoms with Crippen LogP contribution in [0, 0.1) is 10.8 Å². The largest absolute Gasteiger partial charge is 0.508 e. The third-order valence-corrected chi connectivity index (χ3v) is 11.6. The molecule has 0 radical (unpaired) electrons. The number of nitrogens with two attached hydrogens (primary N) is 2. The maximum absolute atomic E-state index is 13.2. The number of esters is 2. The van der Waals surface area contributed by atoms with E-state index in [2.05, 4.69) is 42.5 Å². The van der Waals surface area contributed by atoms with E-state index in [1.807, 2.05) is 0 Å². The molecule has 4 aliphatic heterocycles. The lowest BCUT2D eigenvalue weighted by atomic mass is 9.91. The van der Waals surface area contributed by atoms with Crippen molar-refractivity contribution in [3.8, 4) is 0 Å². The molecule has 0 saturated carbocycles. The van der Waals surface area contributed by atoms with Crippen LogP contribution in [0.4, 0.5) is 19.2 Å². The number of guanidine groups is 2. The van der Waals surface area contributed by atoms with Gasteiger partial charge in [0.05, 0.1) is 38.4 Å². The monoisotopic (exact) mass is 1100 g/mol. The summed E-state index contributed by atoms with van der Waals surface area (Å²) < 4.78 is 52.9. The van der Waals surface area contributed by atoms with Gasteiger partial charge >= 0.3 is 36.4 Å². The van der Waals surface area contributed by atoms with Gasteiger partial charge in [-0.1, -0.05) is 6.07 Å². The van der Waals surface area contributed by atoms with Crippen molar-refractivity contribution in [2.45, 2.75) is 100 Å². The zero-order valence-corrected chi connectivity index (χ0v) is 42.6. The Morgan fingerprint density at radius 3 is 1.28 bits per heavy atom. The molecule has 2 saturated heterocycles. The maximum Gasteiger partial charge on any atom is 0.508 e. The number of ether oxygens (including phenoxy) is 10. The smallest absolute Gasteiger partial charge is 0.477 e. The summed E-state index contributed by atoms with van der Waals surface area (Å²) in [6.07, 6.45) is -8.72. The minimum atomic E-state index is -1.50. The number of hydrogen-bond donors (Lipinski definition) is 12. The van der Waals surface area contributed by atoms with E-state index in [1.54, 1.807) is 0 Å². The second-order valence-electron chi connectivity index (χ2n) is 17.4. The van der Waals surface area contributed by atoms with Crippen LogP contribution < -0.4 is 54.0 Å². The van der Waals surface area contributed by atoms with Crippen LogP contribution in [0.15, 0.2) is 47.9 Å². The van der Waals surface area contributed by atoms with Gasteiger partial charge in [-0.25, -0.2) is 28.8 Å². The average Bonchev–Trinajstić information content (AvgIpc) is 4.05. The Morgan fingerprint density at radius 2 is 0.962 bits per heavy atom. The van der Waals surface area contributed by atoms with Gasteiger partial charge in [-0.2, -0.15) is 0 Å². The van der Waals surface area contributed by atoms with Crippen molar-refractivity contribution < 1.29 is 95.3 Å². The molecule has 4 aliphatic rings. The maximum atomic E-state index is 13.2. The molecule has 10 atom stereocenters. The highest BCUT2D eigenvalue weighted by Gasteiger charge is 2.52. The Balaban J connectivity index is 1.06. The minimum Gasteiger partial charge on any atom is -0.477 e. The van der Waals surface area contributed by atoms with E-state index < -0.39 is 133 Å². The van der Waals surface area contributed by atoms with Crippen LogP contribution in [0.25, 0.3) is 0 Å². The molecule has 1 aromatic rings. The van der Waals surface area contributed by atoms with Crippen molar-refractivity contribution in [3.05, 3.63) is 59.1 Å². The Labute approximate surface area is 444 Å². The van der Waals surface area contributed by atoms with Crippen LogP contribution in [-0.2, 0) is 66.5 Å². The molecule has 0 spiro atoms. The van der Waals surface area contributed by atoms with Gasteiger partial charge in [-0.15, -0.1) is 0 Å². The summed E-state index contributed by atoms with van der Waals surface area (Å²) in [4.78, 5) is 126. The first-order valence-electron chi connectivity index (χ1n) is 24.1. The van der Waals surface area contributed by atoms with Crippen LogP contribution in [0.1, 0.15) is 60.2 Å². The molecule has 0 unspecified atom stereocenters. The standard InChI is InChI=1S/C46H62N12O20/c1-21(59)55-31-25(57-41(47)48)17-27(39(63)69-3)73-35(31)33(29-19-71-45(67)75-29)77-43(65)53-14-7-5-12-51-37(61)23-10-9-11-24(16-23)38(62)52-13-6-8-15-54-44(66)78-34(30-20-72-46(68)76-30)36-32(56-22(2)60)26(58-42(49)50)18-28(74-36)40(64)70-4/h9-11,16-18,25-26,29-36H,5-8,12-15,19-20H2,1-4H3,(H,51,61)(H,52,62)(H,53,65)(H,54,66)(H,55,59)(H,56,60)(H4,47,48,57)(H4,49,50,58)/t25-,26-,29+,30+,31+,32+,33+,34+,35+,36+/m0/s1. The van der Waals surface area contributed by atoms with E-state index in [4.69, 9.17) is 69.7 Å². The summed E-state index contributed by atoms with van der Waals surface area (Å²) >= 11 is 0. The third-order valence-electron chi connectivity index (χ3n) is 11.6. The van der Waals surface area contributed by atoms with Crippen molar-refractivity contribution in [3.63, 3.8) is 0 Å². The summed E-state index contributed by atoms with van der Waals surface area (Å²) in [5.74, 6) is -5.84. The van der Waals surface area contributed by atoms with E-state index >= 15 is 0 Å². The molecule has 0 aliphatic carbocycles. The highest BCUT2D eigenvalue weighted by atomic mass is 16.8. The normalized spacial score (nSPS) is 22.7. The van der Waals surface area contributed by atoms with E-state index in [0.717, 1.165) is 14.2 Å². The van der Waals surface area contributed by atoms with Crippen LogP contribution in [0.5, 0.6) is 0 Å². The van der Waals surface area contributed by atoms with Gasteiger partial charge in [-0.3, -0.25) is 30.0 Å². The molecule has 32 heteroatoms. The number of alkyl carbamates (subject to hydrolysis) is 2. The number of hydrogen-bond acceptors (Lipinski definition) is 22. The van der Waals surface area contributed by atoms with E-state index in [1.165, 1.54) is 50.3 Å². The van der Waals surface area contributed by atoms with Gasteiger partial charge in [0.2, 0.25) is 23.3 Å². The van der Waals surface area contributed by atoms with Gasteiger partial charge in [0.15, 0.2) is 48.5 Å². The van der Waals surface area contributed by atoms with Crippen molar-refractivity contribution >= 4 is 72.0 Å². The van der Waals surface area contributed by atoms with Gasteiger partial charge in [0.1, 0.15) is 13.2 Å². The second-order valence-corrected chi connectivity index (χ2v) is 17.4. The van der Waals surface area contributed by atoms with Crippen molar-refractivity contribution in [1.82, 2.24) is 42.5 Å². The number of rotatable bonds is 24. The first kappa shape index (κ1) is 59.6. The number of unbranched alkanes of at least 4 members (excludes halogenated alkanes) is 2. The Morgan fingerprint density at radius 1 is 0.590 bits per heavy atom. The van der Waals surface area contributed by atoms with Crippen molar-refractivity contribution in [2.24, 2.45) is 11.5 Å². The summed E-state index contributed by atoms with van der Waals surface area (Å²) in [6.45, 7) is 2.00. The summed E-state index contributed by atoms with van der Waals surface area (Å²) in [5.41, 5.74) is 11.5. The SMILES string of the molecule is COC(=O)C1=C[C@H](NC(=N)N)[C@@H](NC(C)=O)[C@H]([C@H](OC(=O)NCCCCNC(=O)c2cccc(C(=O)NCCCCNC(=O)O[C@@H]([C@@H]3OC(C(=O)OC)=C[C@H](NC(=N)N)[C@H]3NC(C)=O)[C@H]3COC(=O)O3)c2)[C@H]2COC(=O)O2)O1. The fraction of sp³-hybridized carbons (Fsp3) is 0.522. The molecule has 32 nitrogen and oxygen atoms in total. The molecular formula is C46H62N12O20. The summed E-state index contributed by atoms with van der Waals surface area (Å²) in [6, 6.07) is 1.51. The Kier molecular flexibility index (Phi) is 21.8. The second kappa shape index (κ2) is 28.6. The molecule has 78 heavy (non-hydrogen) atoms. The Bertz CT molecular complexity index is 2350. The predicted molar refractivity (Wildman–Crippen MR) is 261 cm³/mol. The van der Waals surface area contributed by atoms with Crippen molar-refractivity contribution in [1.29, 1.82) is 10.8 Å². The first-order valence-corrected chi connectivity index (χ1v) is 24.1. The lowest BCUT2D eigenvalue weighted by molar-refractivity contribution is -0.148. The summed E-state index contributed by atoms with van der Waals surface area (Å²) in [5, 5.41) is 36.5. The topological polar surface area (TPSA) is 459 Å². The summed E-state index contributed by atoms with van der Waals surface area (Å²) in [7, 11) is 2.17. The van der Waals surface area contributed by atoms with Crippen LogP contribution in [0.3, 0.4) is 0 Å². The number of amides is 6. The molecule has 2 fully saturated rings. The minimum absolute atomic E-state index is 0.0359. The molecule has 5 rings (SSSR count). The number of nitrogens with one attached hydrogen (secondary N) is 10. The van der Waals surface area contributed by atoms with Gasteiger partial charge in [0, 0.05) is 51.2 Å². The number of cyclic esters (lactones) is 4. The molecule has 6 amide bonds. The molecule has 4 heterocycles. The number of methoxy groups -OCH3 is 2. The molecular weight excluding hydrogens is 1040 g/mol.